The van der Waals surface area contributed by atoms with Gasteiger partial charge in [0.2, 0.25) is 0 Å². The normalized spacial score (nSPS) is 12.1. The Balaban J connectivity index is 2.01. The number of nitrogens with zero attached hydrogens (tertiary/aromatic N) is 2. The molecular weight excluding hydrogens is 366 g/mol. The van der Waals surface area contributed by atoms with E-state index in [2.05, 4.69) is 10.3 Å². The van der Waals surface area contributed by atoms with Crippen LogP contribution in [0, 0.1) is 13.8 Å². The lowest BCUT2D eigenvalue weighted by Gasteiger charge is -2.16. The van der Waals surface area contributed by atoms with Crippen molar-refractivity contribution in [1.29, 1.82) is 0 Å². The SMILES string of the molecule is CCC(C)NC(=O)c1cn2c(C)c(C)nc2c(O)c1CCC(=O)c1ccccc1. The monoisotopic (exact) mass is 393 g/mol. The fourth-order valence-corrected chi connectivity index (χ4v) is 3.28. The van der Waals surface area contributed by atoms with Crippen LogP contribution in [0.4, 0.5) is 0 Å². The van der Waals surface area contributed by atoms with E-state index in [4.69, 9.17) is 0 Å². The molecule has 6 nitrogen and oxygen atoms in total. The molecule has 2 aromatic heterocycles. The van der Waals surface area contributed by atoms with Crippen LogP contribution in [0.2, 0.25) is 0 Å². The van der Waals surface area contributed by atoms with Gasteiger partial charge in [-0.2, -0.15) is 0 Å². The van der Waals surface area contributed by atoms with Crippen molar-refractivity contribution in [2.45, 2.75) is 53.0 Å². The van der Waals surface area contributed by atoms with Crippen LogP contribution < -0.4 is 5.32 Å². The number of rotatable bonds is 7. The molecule has 0 bridgehead atoms. The Labute approximate surface area is 170 Å². The predicted molar refractivity (Wildman–Crippen MR) is 113 cm³/mol. The summed E-state index contributed by atoms with van der Waals surface area (Å²) in [5.74, 6) is -0.336. The van der Waals surface area contributed by atoms with Gasteiger partial charge in [0.15, 0.2) is 17.2 Å². The Kier molecular flexibility index (Phi) is 6.01. The lowest BCUT2D eigenvalue weighted by Crippen LogP contribution is -2.33. The summed E-state index contributed by atoms with van der Waals surface area (Å²) < 4.78 is 1.73. The molecule has 152 valence electrons. The van der Waals surface area contributed by atoms with Gasteiger partial charge >= 0.3 is 0 Å². The van der Waals surface area contributed by atoms with Crippen LogP contribution in [-0.2, 0) is 6.42 Å². The van der Waals surface area contributed by atoms with Crippen LogP contribution in [-0.4, -0.2) is 32.2 Å². The number of fused-ring (bicyclic) bond motifs is 1. The van der Waals surface area contributed by atoms with E-state index >= 15 is 0 Å². The molecule has 0 aliphatic heterocycles. The number of benzene rings is 1. The van der Waals surface area contributed by atoms with E-state index in [0.29, 0.717) is 22.3 Å². The zero-order valence-corrected chi connectivity index (χ0v) is 17.3. The Morgan fingerprint density at radius 2 is 1.90 bits per heavy atom. The van der Waals surface area contributed by atoms with Crippen molar-refractivity contribution in [1.82, 2.24) is 14.7 Å². The van der Waals surface area contributed by atoms with E-state index in [9.17, 15) is 14.7 Å². The van der Waals surface area contributed by atoms with Crippen LogP contribution in [0.15, 0.2) is 36.5 Å². The number of imidazole rings is 1. The highest BCUT2D eigenvalue weighted by molar-refractivity contribution is 5.98. The standard InChI is InChI=1S/C23H27N3O3/c1-5-14(2)24-23(29)19-13-26-16(4)15(3)25-22(26)21(28)18(19)11-12-20(27)17-9-7-6-8-10-17/h6-10,13-14,28H,5,11-12H2,1-4H3,(H,24,29). The number of pyridine rings is 1. The van der Waals surface area contributed by atoms with Gasteiger partial charge in [-0.15, -0.1) is 0 Å². The van der Waals surface area contributed by atoms with Crippen LogP contribution in [0.1, 0.15) is 64.4 Å². The summed E-state index contributed by atoms with van der Waals surface area (Å²) in [6.07, 6.45) is 2.95. The molecule has 0 saturated heterocycles. The number of ketones is 1. The second-order valence-electron chi connectivity index (χ2n) is 7.42. The van der Waals surface area contributed by atoms with Crippen molar-refractivity contribution >= 4 is 17.3 Å². The Hall–Kier alpha value is -3.15. The first-order chi connectivity index (χ1) is 13.8. The number of Topliss-reactive ketones (excluding diaryl/α,β-unsaturated/α-hetero) is 1. The smallest absolute Gasteiger partial charge is 0.253 e. The van der Waals surface area contributed by atoms with Gasteiger partial charge < -0.3 is 14.8 Å². The fraction of sp³-hybridized carbons (Fsp3) is 0.348. The third-order valence-electron chi connectivity index (χ3n) is 5.40. The summed E-state index contributed by atoms with van der Waals surface area (Å²) in [4.78, 5) is 29.9. The molecule has 3 rings (SSSR count). The van der Waals surface area contributed by atoms with Gasteiger partial charge in [-0.1, -0.05) is 37.3 Å². The molecule has 0 aliphatic carbocycles. The van der Waals surface area contributed by atoms with Gasteiger partial charge in [0, 0.05) is 35.5 Å². The van der Waals surface area contributed by atoms with Gasteiger partial charge in [0.05, 0.1) is 11.3 Å². The maximum absolute atomic E-state index is 12.9. The van der Waals surface area contributed by atoms with Gasteiger partial charge in [-0.25, -0.2) is 4.98 Å². The highest BCUT2D eigenvalue weighted by Gasteiger charge is 2.22. The van der Waals surface area contributed by atoms with Gasteiger partial charge in [-0.05, 0) is 33.6 Å². The number of aryl methyl sites for hydroxylation is 2. The molecule has 0 saturated carbocycles. The van der Waals surface area contributed by atoms with Gasteiger partial charge in [0.25, 0.3) is 5.91 Å². The first-order valence-corrected chi connectivity index (χ1v) is 9.92. The maximum atomic E-state index is 12.9. The first-order valence-electron chi connectivity index (χ1n) is 9.92. The Morgan fingerprint density at radius 1 is 1.21 bits per heavy atom. The summed E-state index contributed by atoms with van der Waals surface area (Å²) in [6, 6.07) is 9.03. The minimum Gasteiger partial charge on any atom is -0.504 e. The van der Waals surface area contributed by atoms with Crippen molar-refractivity contribution in [3.63, 3.8) is 0 Å². The number of amides is 1. The van der Waals surface area contributed by atoms with Crippen LogP contribution in [0.25, 0.3) is 5.65 Å². The molecule has 1 atom stereocenters. The largest absolute Gasteiger partial charge is 0.504 e. The first kappa shape index (κ1) is 20.6. The fourth-order valence-electron chi connectivity index (χ4n) is 3.28. The van der Waals surface area contributed by atoms with E-state index in [1.165, 1.54) is 0 Å². The summed E-state index contributed by atoms with van der Waals surface area (Å²) in [6.45, 7) is 7.68. The summed E-state index contributed by atoms with van der Waals surface area (Å²) in [5, 5.41) is 13.9. The number of nitrogens with one attached hydrogen (secondary N) is 1. The zero-order valence-electron chi connectivity index (χ0n) is 17.3. The van der Waals surface area contributed by atoms with Crippen molar-refractivity contribution < 1.29 is 14.7 Å². The lowest BCUT2D eigenvalue weighted by molar-refractivity contribution is 0.0933. The third kappa shape index (κ3) is 4.16. The molecule has 1 aromatic carbocycles. The third-order valence-corrected chi connectivity index (χ3v) is 5.40. The molecule has 6 heteroatoms. The summed E-state index contributed by atoms with van der Waals surface area (Å²) >= 11 is 0. The molecule has 0 spiro atoms. The molecule has 0 fully saturated rings. The molecule has 29 heavy (non-hydrogen) atoms. The predicted octanol–water partition coefficient (Wildman–Crippen LogP) is 4.00. The Bertz CT molecular complexity index is 1050. The van der Waals surface area contributed by atoms with Gasteiger partial charge in [0.1, 0.15) is 0 Å². The molecule has 0 radical (unpaired) electrons. The minimum atomic E-state index is -0.260. The van der Waals surface area contributed by atoms with Crippen molar-refractivity contribution in [3.05, 3.63) is 64.6 Å². The number of carbonyl (C=O) groups is 2. The molecule has 3 aromatic rings. The van der Waals surface area contributed by atoms with E-state index in [0.717, 1.165) is 17.8 Å². The molecule has 1 amide bonds. The number of aromatic nitrogens is 2. The van der Waals surface area contributed by atoms with E-state index in [1.807, 2.05) is 45.9 Å². The summed E-state index contributed by atoms with van der Waals surface area (Å²) in [7, 11) is 0. The van der Waals surface area contributed by atoms with Crippen molar-refractivity contribution in [3.8, 4) is 5.75 Å². The second-order valence-corrected chi connectivity index (χ2v) is 7.42. The zero-order chi connectivity index (χ0) is 21.1. The topological polar surface area (TPSA) is 83.7 Å². The van der Waals surface area contributed by atoms with E-state index < -0.39 is 0 Å². The highest BCUT2D eigenvalue weighted by atomic mass is 16.3. The number of hydrogen-bond donors (Lipinski definition) is 2. The molecular formula is C23H27N3O3. The molecule has 2 heterocycles. The van der Waals surface area contributed by atoms with Crippen molar-refractivity contribution in [2.75, 3.05) is 0 Å². The van der Waals surface area contributed by atoms with Crippen molar-refractivity contribution in [2.24, 2.45) is 0 Å². The quantitative estimate of drug-likeness (QED) is 0.594. The minimum absolute atomic E-state index is 0.00441. The van der Waals surface area contributed by atoms with E-state index in [-0.39, 0.29) is 36.3 Å². The molecule has 1 unspecified atom stereocenters. The highest BCUT2D eigenvalue weighted by Crippen LogP contribution is 2.30. The number of hydrogen-bond acceptors (Lipinski definition) is 4. The average Bonchev–Trinajstić information content (AvgIpc) is 3.01. The van der Waals surface area contributed by atoms with Crippen LogP contribution >= 0.6 is 0 Å². The molecule has 2 N–H and O–H groups in total. The van der Waals surface area contributed by atoms with Crippen LogP contribution in [0.3, 0.4) is 0 Å². The van der Waals surface area contributed by atoms with E-state index in [1.54, 1.807) is 22.7 Å². The average molecular weight is 393 g/mol. The maximum Gasteiger partial charge on any atom is 0.253 e. The number of aromatic hydroxyl groups is 1. The van der Waals surface area contributed by atoms with Crippen LogP contribution in [0.5, 0.6) is 5.75 Å². The number of carbonyl (C=O) groups excluding carboxylic acids is 2. The Morgan fingerprint density at radius 3 is 2.55 bits per heavy atom. The molecule has 0 aliphatic rings. The van der Waals surface area contributed by atoms with Gasteiger partial charge in [-0.3, -0.25) is 9.59 Å². The lowest BCUT2D eigenvalue weighted by atomic mass is 9.98. The summed E-state index contributed by atoms with van der Waals surface area (Å²) in [5.41, 5.74) is 3.49. The second kappa shape index (κ2) is 8.47.